The van der Waals surface area contributed by atoms with Gasteiger partial charge in [0, 0.05) is 6.42 Å². The molecule has 0 saturated carbocycles. The Hall–Kier alpha value is -3.18. The lowest BCUT2D eigenvalue weighted by molar-refractivity contribution is -0.142. The number of phenolic OH excluding ortho intramolecular Hbond substituents is 1. The molecule has 0 heterocycles. The maximum Gasteiger partial charge on any atom is 0.326 e. The minimum absolute atomic E-state index is 0.00660. The zero-order valence-corrected chi connectivity index (χ0v) is 19.8. The highest BCUT2D eigenvalue weighted by atomic mass is 16.4. The minimum atomic E-state index is -1.24. The van der Waals surface area contributed by atoms with Crippen LogP contribution in [-0.2, 0) is 25.6 Å². The summed E-state index contributed by atoms with van der Waals surface area (Å²) < 4.78 is 0. The van der Waals surface area contributed by atoms with Gasteiger partial charge in [0.25, 0.3) is 0 Å². The van der Waals surface area contributed by atoms with E-state index in [9.17, 15) is 29.4 Å². The van der Waals surface area contributed by atoms with Crippen molar-refractivity contribution in [2.24, 2.45) is 17.4 Å². The van der Waals surface area contributed by atoms with E-state index in [2.05, 4.69) is 16.0 Å². The molecule has 1 aromatic carbocycles. The Bertz CT molecular complexity index is 815. The van der Waals surface area contributed by atoms with Crippen molar-refractivity contribution in [1.29, 1.82) is 0 Å². The molecule has 9 N–H and O–H groups in total. The van der Waals surface area contributed by atoms with E-state index in [-0.39, 0.29) is 31.1 Å². The third kappa shape index (κ3) is 10.6. The van der Waals surface area contributed by atoms with Crippen molar-refractivity contribution in [3.05, 3.63) is 29.8 Å². The molecule has 0 aliphatic rings. The highest BCUT2D eigenvalue weighted by Gasteiger charge is 2.29. The molecule has 0 fully saturated rings. The summed E-state index contributed by atoms with van der Waals surface area (Å²) in [6.07, 6.45) is 1.74. The zero-order valence-electron chi connectivity index (χ0n) is 19.8. The van der Waals surface area contributed by atoms with E-state index in [4.69, 9.17) is 11.5 Å². The molecule has 1 aromatic rings. The predicted octanol–water partition coefficient (Wildman–Crippen LogP) is -0.392. The molecule has 0 aromatic heterocycles. The fraction of sp³-hybridized carbons (Fsp3) is 0.565. The first kappa shape index (κ1) is 28.9. The molecular weight excluding hydrogens is 442 g/mol. The van der Waals surface area contributed by atoms with Gasteiger partial charge >= 0.3 is 5.97 Å². The van der Waals surface area contributed by atoms with E-state index >= 15 is 0 Å². The summed E-state index contributed by atoms with van der Waals surface area (Å²) >= 11 is 0. The first-order valence-corrected chi connectivity index (χ1v) is 11.4. The molecule has 0 saturated heterocycles. The van der Waals surface area contributed by atoms with Gasteiger partial charge in [0.2, 0.25) is 17.7 Å². The van der Waals surface area contributed by atoms with Crippen LogP contribution < -0.4 is 27.4 Å². The normalized spacial score (nSPS) is 13.6. The average molecular weight is 480 g/mol. The first-order chi connectivity index (χ1) is 16.1. The van der Waals surface area contributed by atoms with Crippen LogP contribution in [0.1, 0.15) is 45.1 Å². The first-order valence-electron chi connectivity index (χ1n) is 11.4. The van der Waals surface area contributed by atoms with Crippen molar-refractivity contribution in [2.75, 3.05) is 13.1 Å². The van der Waals surface area contributed by atoms with E-state index in [1.807, 2.05) is 13.8 Å². The molecule has 11 heteroatoms. The van der Waals surface area contributed by atoms with E-state index in [0.717, 1.165) is 0 Å². The molecule has 0 radical (unpaired) electrons. The van der Waals surface area contributed by atoms with Gasteiger partial charge in [0.15, 0.2) is 0 Å². The summed E-state index contributed by atoms with van der Waals surface area (Å²) in [5.41, 5.74) is 11.5. The summed E-state index contributed by atoms with van der Waals surface area (Å²) in [6.45, 7) is 3.91. The number of aromatic hydroxyl groups is 1. The number of hydrogen-bond donors (Lipinski definition) is 7. The van der Waals surface area contributed by atoms with Crippen molar-refractivity contribution in [3.63, 3.8) is 0 Å². The molecule has 0 aliphatic heterocycles. The fourth-order valence-corrected chi connectivity index (χ4v) is 3.33. The van der Waals surface area contributed by atoms with Gasteiger partial charge in [-0.25, -0.2) is 4.79 Å². The number of benzene rings is 1. The Balaban J connectivity index is 2.97. The molecule has 0 spiro atoms. The lowest BCUT2D eigenvalue weighted by atomic mass is 10.0. The van der Waals surface area contributed by atoms with Gasteiger partial charge < -0.3 is 37.6 Å². The summed E-state index contributed by atoms with van der Waals surface area (Å²) in [7, 11) is 0. The molecule has 0 bridgehead atoms. The quantitative estimate of drug-likeness (QED) is 0.165. The zero-order chi connectivity index (χ0) is 25.7. The Morgan fingerprint density at radius 3 is 2.00 bits per heavy atom. The molecule has 1 rings (SSSR count). The van der Waals surface area contributed by atoms with Crippen LogP contribution >= 0.6 is 0 Å². The second-order valence-corrected chi connectivity index (χ2v) is 8.57. The van der Waals surface area contributed by atoms with Gasteiger partial charge in [-0.2, -0.15) is 0 Å². The van der Waals surface area contributed by atoms with Gasteiger partial charge in [0.1, 0.15) is 23.9 Å². The number of carbonyl (C=O) groups is 4. The number of phenols is 1. The topological polar surface area (TPSA) is 197 Å². The molecular formula is C23H37N5O6. The second kappa shape index (κ2) is 14.9. The molecule has 3 amide bonds. The Labute approximate surface area is 199 Å². The number of nitrogens with one attached hydrogen (secondary N) is 3. The van der Waals surface area contributed by atoms with Crippen LogP contribution in [0.25, 0.3) is 0 Å². The van der Waals surface area contributed by atoms with Crippen LogP contribution in [0.3, 0.4) is 0 Å². The molecule has 0 aliphatic carbocycles. The smallest absolute Gasteiger partial charge is 0.326 e. The summed E-state index contributed by atoms with van der Waals surface area (Å²) in [5, 5.41) is 26.7. The van der Waals surface area contributed by atoms with Crippen LogP contribution in [0, 0.1) is 5.92 Å². The average Bonchev–Trinajstić information content (AvgIpc) is 2.78. The lowest BCUT2D eigenvalue weighted by Gasteiger charge is -2.25. The van der Waals surface area contributed by atoms with Gasteiger partial charge in [-0.15, -0.1) is 0 Å². The maximum absolute atomic E-state index is 13.0. The van der Waals surface area contributed by atoms with Crippen LogP contribution in [0.5, 0.6) is 5.75 Å². The fourth-order valence-electron chi connectivity index (χ4n) is 3.33. The third-order valence-corrected chi connectivity index (χ3v) is 5.11. The minimum Gasteiger partial charge on any atom is -0.508 e. The van der Waals surface area contributed by atoms with Crippen molar-refractivity contribution < 1.29 is 29.4 Å². The lowest BCUT2D eigenvalue weighted by Crippen LogP contribution is -2.56. The van der Waals surface area contributed by atoms with Gasteiger partial charge in [-0.05, 0) is 55.8 Å². The summed E-state index contributed by atoms with van der Waals surface area (Å²) in [5.74, 6) is -2.80. The number of nitrogens with two attached hydrogens (primary N) is 2. The van der Waals surface area contributed by atoms with Crippen molar-refractivity contribution in [3.8, 4) is 5.75 Å². The van der Waals surface area contributed by atoms with E-state index in [0.29, 0.717) is 31.4 Å². The SMILES string of the molecule is CC(C)CC(NC(=O)CN)C(=O)NC(CCCCN)C(=O)NC(Cc1ccc(O)cc1)C(=O)O. The van der Waals surface area contributed by atoms with Crippen LogP contribution in [0.4, 0.5) is 0 Å². The number of hydrogen-bond acceptors (Lipinski definition) is 7. The van der Waals surface area contributed by atoms with Crippen molar-refractivity contribution in [1.82, 2.24) is 16.0 Å². The van der Waals surface area contributed by atoms with E-state index in [1.54, 1.807) is 12.1 Å². The van der Waals surface area contributed by atoms with Crippen LogP contribution in [-0.4, -0.2) is 65.1 Å². The summed E-state index contributed by atoms with van der Waals surface area (Å²) in [6, 6.07) is 2.85. The summed E-state index contributed by atoms with van der Waals surface area (Å²) in [4.78, 5) is 49.4. The number of amides is 3. The molecule has 3 unspecified atom stereocenters. The second-order valence-electron chi connectivity index (χ2n) is 8.57. The highest BCUT2D eigenvalue weighted by molar-refractivity contribution is 5.93. The standard InChI is InChI=1S/C23H37N5O6/c1-14(2)11-18(26-20(30)13-25)22(32)27-17(5-3-4-10-24)21(31)28-19(23(33)34)12-15-6-8-16(29)9-7-15/h6-9,14,17-19,29H,3-5,10-13,24-25H2,1-2H3,(H,26,30)(H,27,32)(H,28,31)(H,33,34). The number of unbranched alkanes of at least 4 members (excludes halogenated alkanes) is 1. The monoisotopic (exact) mass is 479 g/mol. The number of rotatable bonds is 15. The largest absolute Gasteiger partial charge is 0.508 e. The van der Waals surface area contributed by atoms with Gasteiger partial charge in [0.05, 0.1) is 6.54 Å². The Morgan fingerprint density at radius 2 is 1.47 bits per heavy atom. The molecule has 11 nitrogen and oxygen atoms in total. The van der Waals surface area contributed by atoms with Gasteiger partial charge in [-0.1, -0.05) is 26.0 Å². The molecule has 3 atom stereocenters. The molecule has 34 heavy (non-hydrogen) atoms. The maximum atomic E-state index is 13.0. The van der Waals surface area contributed by atoms with Crippen molar-refractivity contribution >= 4 is 23.7 Å². The van der Waals surface area contributed by atoms with Crippen LogP contribution in [0.2, 0.25) is 0 Å². The highest BCUT2D eigenvalue weighted by Crippen LogP contribution is 2.12. The van der Waals surface area contributed by atoms with E-state index in [1.165, 1.54) is 12.1 Å². The predicted molar refractivity (Wildman–Crippen MR) is 127 cm³/mol. The number of aliphatic carboxylic acids is 1. The third-order valence-electron chi connectivity index (χ3n) is 5.11. The Kier molecular flexibility index (Phi) is 12.6. The number of carbonyl (C=O) groups excluding carboxylic acids is 3. The number of carboxylic acid groups (broad SMARTS) is 1. The van der Waals surface area contributed by atoms with Gasteiger partial charge in [-0.3, -0.25) is 14.4 Å². The van der Waals surface area contributed by atoms with E-state index < -0.39 is 41.8 Å². The van der Waals surface area contributed by atoms with Crippen molar-refractivity contribution in [2.45, 2.75) is 64.1 Å². The molecule has 190 valence electrons. The Morgan fingerprint density at radius 1 is 0.882 bits per heavy atom. The number of carboxylic acids is 1. The van der Waals surface area contributed by atoms with Crippen LogP contribution in [0.15, 0.2) is 24.3 Å².